The van der Waals surface area contributed by atoms with Crippen LogP contribution in [0.2, 0.25) is 0 Å². The molecule has 25 heavy (non-hydrogen) atoms. The third kappa shape index (κ3) is 4.20. The summed E-state index contributed by atoms with van der Waals surface area (Å²) in [6, 6.07) is 0.488. The van der Waals surface area contributed by atoms with Gasteiger partial charge in [-0.2, -0.15) is 5.10 Å². The van der Waals surface area contributed by atoms with Gasteiger partial charge in [0.15, 0.2) is 0 Å². The van der Waals surface area contributed by atoms with E-state index in [0.29, 0.717) is 11.9 Å². The fraction of sp³-hybridized carbons (Fsp3) is 0.789. The second-order valence-electron chi connectivity index (χ2n) is 8.04. The molecule has 1 aliphatic heterocycles. The fourth-order valence-corrected chi connectivity index (χ4v) is 4.52. The number of nitrogens with one attached hydrogen (secondary N) is 1. The van der Waals surface area contributed by atoms with E-state index >= 15 is 0 Å². The van der Waals surface area contributed by atoms with E-state index in [0.717, 1.165) is 25.6 Å². The molecular weight excluding hydrogens is 336 g/mol. The molecule has 0 spiro atoms. The standard InChI is InChI=1S/C19H30N4O.ClH/c1-22-13-15(9-21-22)17-10-20-11-18(17)19(24)23(12-14-7-8-14)16-5-3-2-4-6-16;/h9,13-14,16-18,20H,2-8,10-12H2,1H3;1H/t17-,18+;/m1./s1. The second kappa shape index (κ2) is 8.09. The van der Waals surface area contributed by atoms with E-state index in [2.05, 4.69) is 21.5 Å². The van der Waals surface area contributed by atoms with Crippen LogP contribution in [0.5, 0.6) is 0 Å². The third-order valence-electron chi connectivity index (χ3n) is 6.13. The number of carbonyl (C=O) groups is 1. The first-order chi connectivity index (χ1) is 11.7. The van der Waals surface area contributed by atoms with Crippen LogP contribution in [-0.4, -0.2) is 46.3 Å². The van der Waals surface area contributed by atoms with Gasteiger partial charge in [0.2, 0.25) is 5.91 Å². The summed E-state index contributed by atoms with van der Waals surface area (Å²) in [5.41, 5.74) is 1.20. The van der Waals surface area contributed by atoms with Crippen LogP contribution >= 0.6 is 12.4 Å². The van der Waals surface area contributed by atoms with Crippen molar-refractivity contribution in [1.29, 1.82) is 0 Å². The van der Waals surface area contributed by atoms with E-state index in [4.69, 9.17) is 0 Å². The van der Waals surface area contributed by atoms with E-state index in [9.17, 15) is 4.79 Å². The van der Waals surface area contributed by atoms with Gasteiger partial charge in [0.05, 0.1) is 12.1 Å². The highest BCUT2D eigenvalue weighted by Gasteiger charge is 2.40. The molecule has 1 aromatic rings. The summed E-state index contributed by atoms with van der Waals surface area (Å²) in [4.78, 5) is 15.7. The van der Waals surface area contributed by atoms with Crippen molar-refractivity contribution in [2.24, 2.45) is 18.9 Å². The summed E-state index contributed by atoms with van der Waals surface area (Å²) in [5, 5.41) is 7.77. The lowest BCUT2D eigenvalue weighted by atomic mass is 9.87. The Kier molecular flexibility index (Phi) is 6.05. The topological polar surface area (TPSA) is 50.2 Å². The Bertz CT molecular complexity index is 580. The lowest BCUT2D eigenvalue weighted by Crippen LogP contribution is -2.47. The first-order valence-electron chi connectivity index (χ1n) is 9.72. The van der Waals surface area contributed by atoms with Gasteiger partial charge in [0.1, 0.15) is 0 Å². The number of amides is 1. The first kappa shape index (κ1) is 18.7. The Hall–Kier alpha value is -1.07. The van der Waals surface area contributed by atoms with Crippen LogP contribution in [-0.2, 0) is 11.8 Å². The van der Waals surface area contributed by atoms with E-state index in [1.54, 1.807) is 0 Å². The van der Waals surface area contributed by atoms with Gasteiger partial charge < -0.3 is 10.2 Å². The molecule has 0 aromatic carbocycles. The molecule has 3 fully saturated rings. The number of hydrogen-bond donors (Lipinski definition) is 1. The van der Waals surface area contributed by atoms with Gasteiger partial charge >= 0.3 is 0 Å². The number of halogens is 1. The van der Waals surface area contributed by atoms with E-state index in [-0.39, 0.29) is 24.2 Å². The van der Waals surface area contributed by atoms with Crippen molar-refractivity contribution in [2.45, 2.75) is 56.9 Å². The van der Waals surface area contributed by atoms with E-state index in [1.165, 1.54) is 50.5 Å². The molecule has 2 atom stereocenters. The van der Waals surface area contributed by atoms with E-state index in [1.807, 2.05) is 17.9 Å². The van der Waals surface area contributed by atoms with Crippen LogP contribution in [0.4, 0.5) is 0 Å². The predicted octanol–water partition coefficient (Wildman–Crippen LogP) is 2.72. The molecule has 2 heterocycles. The number of rotatable bonds is 5. The molecule has 140 valence electrons. The SMILES string of the molecule is Cl.Cn1cc([C@H]2CNC[C@@H]2C(=O)N(CC2CC2)C2CCCCC2)cn1. The molecule has 1 saturated heterocycles. The molecule has 2 aliphatic carbocycles. The summed E-state index contributed by atoms with van der Waals surface area (Å²) in [5.74, 6) is 1.51. The number of hydrogen-bond acceptors (Lipinski definition) is 3. The van der Waals surface area contributed by atoms with Crippen molar-refractivity contribution in [3.05, 3.63) is 18.0 Å². The third-order valence-corrected chi connectivity index (χ3v) is 6.13. The summed E-state index contributed by atoms with van der Waals surface area (Å²) in [6.07, 6.45) is 12.9. The van der Waals surface area contributed by atoms with Crippen LogP contribution in [0.25, 0.3) is 0 Å². The Morgan fingerprint density at radius 1 is 1.24 bits per heavy atom. The van der Waals surface area contributed by atoms with Crippen LogP contribution in [0.15, 0.2) is 12.4 Å². The van der Waals surface area contributed by atoms with Gasteiger partial charge in [-0.1, -0.05) is 19.3 Å². The van der Waals surface area contributed by atoms with Gasteiger partial charge in [0.25, 0.3) is 0 Å². The van der Waals surface area contributed by atoms with Gasteiger partial charge in [-0.3, -0.25) is 9.48 Å². The lowest BCUT2D eigenvalue weighted by molar-refractivity contribution is -0.138. The minimum Gasteiger partial charge on any atom is -0.339 e. The molecule has 0 bridgehead atoms. The maximum absolute atomic E-state index is 13.5. The highest BCUT2D eigenvalue weighted by atomic mass is 35.5. The van der Waals surface area contributed by atoms with Crippen LogP contribution in [0, 0.1) is 11.8 Å². The molecule has 2 saturated carbocycles. The predicted molar refractivity (Wildman–Crippen MR) is 101 cm³/mol. The maximum Gasteiger partial charge on any atom is 0.227 e. The number of aromatic nitrogens is 2. The largest absolute Gasteiger partial charge is 0.339 e. The first-order valence-corrected chi connectivity index (χ1v) is 9.72. The smallest absolute Gasteiger partial charge is 0.227 e. The Labute approximate surface area is 156 Å². The second-order valence-corrected chi connectivity index (χ2v) is 8.04. The molecule has 4 rings (SSSR count). The molecule has 5 nitrogen and oxygen atoms in total. The van der Waals surface area contributed by atoms with Gasteiger partial charge in [0, 0.05) is 44.8 Å². The minimum atomic E-state index is 0. The quantitative estimate of drug-likeness (QED) is 0.871. The zero-order valence-electron chi connectivity index (χ0n) is 15.2. The van der Waals surface area contributed by atoms with Crippen LogP contribution < -0.4 is 5.32 Å². The Morgan fingerprint density at radius 3 is 2.64 bits per heavy atom. The molecule has 0 unspecified atom stereocenters. The molecular formula is C19H31ClN4O. The monoisotopic (exact) mass is 366 g/mol. The zero-order valence-corrected chi connectivity index (χ0v) is 16.0. The molecule has 1 amide bonds. The average Bonchev–Trinajstić information content (AvgIpc) is 3.11. The van der Waals surface area contributed by atoms with Crippen molar-refractivity contribution < 1.29 is 4.79 Å². The molecule has 6 heteroatoms. The summed E-state index contributed by atoms with van der Waals surface area (Å²) >= 11 is 0. The summed E-state index contributed by atoms with van der Waals surface area (Å²) in [7, 11) is 1.95. The van der Waals surface area contributed by atoms with Crippen molar-refractivity contribution in [2.75, 3.05) is 19.6 Å². The minimum absolute atomic E-state index is 0. The molecule has 1 N–H and O–H groups in total. The van der Waals surface area contributed by atoms with E-state index < -0.39 is 0 Å². The average molecular weight is 367 g/mol. The van der Waals surface area contributed by atoms with Crippen molar-refractivity contribution in [3.63, 3.8) is 0 Å². The van der Waals surface area contributed by atoms with Crippen LogP contribution in [0.3, 0.4) is 0 Å². The van der Waals surface area contributed by atoms with Gasteiger partial charge in [-0.05, 0) is 37.2 Å². The maximum atomic E-state index is 13.5. The lowest BCUT2D eigenvalue weighted by Gasteiger charge is -2.37. The zero-order chi connectivity index (χ0) is 16.5. The van der Waals surface area contributed by atoms with Crippen LogP contribution in [0.1, 0.15) is 56.4 Å². The number of aryl methyl sites for hydroxylation is 1. The van der Waals surface area contributed by atoms with Gasteiger partial charge in [-0.25, -0.2) is 0 Å². The number of carbonyl (C=O) groups excluding carboxylic acids is 1. The van der Waals surface area contributed by atoms with Crippen molar-refractivity contribution in [1.82, 2.24) is 20.0 Å². The molecule has 0 radical (unpaired) electrons. The summed E-state index contributed by atoms with van der Waals surface area (Å²) in [6.45, 7) is 2.70. The fourth-order valence-electron chi connectivity index (χ4n) is 4.52. The highest BCUT2D eigenvalue weighted by Crippen LogP contribution is 2.36. The Morgan fingerprint density at radius 2 is 2.00 bits per heavy atom. The molecule has 1 aromatic heterocycles. The summed E-state index contributed by atoms with van der Waals surface area (Å²) < 4.78 is 1.85. The normalized spacial score (nSPS) is 27.1. The van der Waals surface area contributed by atoms with Crippen molar-refractivity contribution >= 4 is 18.3 Å². The Balaban J connectivity index is 0.00000182. The molecule has 3 aliphatic rings. The highest BCUT2D eigenvalue weighted by molar-refractivity contribution is 5.85. The van der Waals surface area contributed by atoms with Gasteiger partial charge in [-0.15, -0.1) is 12.4 Å². The van der Waals surface area contributed by atoms with Crippen molar-refractivity contribution in [3.8, 4) is 0 Å². The number of nitrogens with zero attached hydrogens (tertiary/aromatic N) is 3.